The van der Waals surface area contributed by atoms with Gasteiger partial charge in [-0.1, -0.05) is 26.7 Å². The maximum atomic E-state index is 11.5. The minimum Gasteiger partial charge on any atom is -0.356 e. The number of carbonyl (C=O) groups is 1. The van der Waals surface area contributed by atoms with Crippen molar-refractivity contribution < 1.29 is 4.79 Å². The zero-order chi connectivity index (χ0) is 12.0. The first-order chi connectivity index (χ1) is 7.56. The average molecular weight is 226 g/mol. The molecule has 1 saturated carbocycles. The molecule has 3 nitrogen and oxygen atoms in total. The Morgan fingerprint density at radius 1 is 1.38 bits per heavy atom. The second kappa shape index (κ2) is 6.24. The van der Waals surface area contributed by atoms with Gasteiger partial charge in [-0.3, -0.25) is 4.79 Å². The molecule has 0 aromatic rings. The molecule has 0 atom stereocenters. The van der Waals surface area contributed by atoms with Gasteiger partial charge in [-0.05, 0) is 37.1 Å². The molecule has 0 aromatic carbocycles. The number of carbonyl (C=O) groups excluding carboxylic acids is 1. The van der Waals surface area contributed by atoms with Crippen LogP contribution in [-0.4, -0.2) is 19.0 Å². The molecule has 0 spiro atoms. The van der Waals surface area contributed by atoms with Crippen molar-refractivity contribution in [2.45, 2.75) is 52.4 Å². The number of rotatable bonds is 6. The fourth-order valence-electron chi connectivity index (χ4n) is 2.53. The fourth-order valence-corrected chi connectivity index (χ4v) is 2.53. The molecule has 0 aliphatic heterocycles. The third-order valence-corrected chi connectivity index (χ3v) is 3.81. The van der Waals surface area contributed by atoms with Crippen LogP contribution in [0.3, 0.4) is 0 Å². The maximum Gasteiger partial charge on any atom is 0.220 e. The van der Waals surface area contributed by atoms with Crippen molar-refractivity contribution in [1.82, 2.24) is 5.32 Å². The van der Waals surface area contributed by atoms with E-state index in [2.05, 4.69) is 19.2 Å². The Balaban J connectivity index is 2.26. The Bertz CT molecular complexity index is 220. The van der Waals surface area contributed by atoms with Crippen LogP contribution in [0.25, 0.3) is 0 Å². The molecule has 1 aliphatic rings. The number of nitrogens with two attached hydrogens (primary N) is 1. The second-order valence-electron chi connectivity index (χ2n) is 5.64. The van der Waals surface area contributed by atoms with Gasteiger partial charge >= 0.3 is 0 Å². The summed E-state index contributed by atoms with van der Waals surface area (Å²) in [6, 6.07) is 0. The van der Waals surface area contributed by atoms with Crippen LogP contribution >= 0.6 is 0 Å². The summed E-state index contributed by atoms with van der Waals surface area (Å²) in [5.74, 6) is 0.929. The Hall–Kier alpha value is -0.570. The predicted molar refractivity (Wildman–Crippen MR) is 67.0 cm³/mol. The number of hydrogen-bond acceptors (Lipinski definition) is 2. The molecule has 0 unspecified atom stereocenters. The fraction of sp³-hybridized carbons (Fsp3) is 0.923. The highest BCUT2D eigenvalue weighted by Gasteiger charge is 2.31. The van der Waals surface area contributed by atoms with Gasteiger partial charge in [0.25, 0.3) is 0 Å². The van der Waals surface area contributed by atoms with Crippen molar-refractivity contribution in [3.05, 3.63) is 0 Å². The van der Waals surface area contributed by atoms with E-state index < -0.39 is 0 Å². The first kappa shape index (κ1) is 13.5. The summed E-state index contributed by atoms with van der Waals surface area (Å²) in [7, 11) is 0. The highest BCUT2D eigenvalue weighted by molar-refractivity contribution is 5.75. The summed E-state index contributed by atoms with van der Waals surface area (Å²) >= 11 is 0. The van der Waals surface area contributed by atoms with Crippen molar-refractivity contribution in [1.29, 1.82) is 0 Å². The predicted octanol–water partition coefficient (Wildman–Crippen LogP) is 2.06. The summed E-state index contributed by atoms with van der Waals surface area (Å²) in [6.45, 7) is 5.94. The lowest BCUT2D eigenvalue weighted by atomic mass is 9.77. The zero-order valence-electron chi connectivity index (χ0n) is 10.7. The van der Waals surface area contributed by atoms with Crippen LogP contribution in [-0.2, 0) is 4.79 Å². The Morgan fingerprint density at radius 3 is 2.56 bits per heavy atom. The molecule has 0 saturated heterocycles. The van der Waals surface area contributed by atoms with E-state index in [9.17, 15) is 4.79 Å². The first-order valence-corrected chi connectivity index (χ1v) is 6.53. The van der Waals surface area contributed by atoms with Gasteiger partial charge in [-0.2, -0.15) is 0 Å². The van der Waals surface area contributed by atoms with Gasteiger partial charge in [0.15, 0.2) is 0 Å². The minimum atomic E-state index is 0.150. The Morgan fingerprint density at radius 2 is 2.00 bits per heavy atom. The molecule has 0 aromatic heterocycles. The summed E-state index contributed by atoms with van der Waals surface area (Å²) in [6.07, 6.45) is 6.72. The average Bonchev–Trinajstić information content (AvgIpc) is 2.77. The van der Waals surface area contributed by atoms with Crippen molar-refractivity contribution >= 4 is 5.91 Å². The van der Waals surface area contributed by atoms with Gasteiger partial charge in [-0.25, -0.2) is 0 Å². The van der Waals surface area contributed by atoms with Crippen molar-refractivity contribution in [2.24, 2.45) is 17.1 Å². The van der Waals surface area contributed by atoms with E-state index in [1.54, 1.807) is 0 Å². The maximum absolute atomic E-state index is 11.5. The molecule has 1 rings (SSSR count). The molecule has 0 bridgehead atoms. The van der Waals surface area contributed by atoms with Gasteiger partial charge in [0.1, 0.15) is 0 Å². The van der Waals surface area contributed by atoms with Gasteiger partial charge in [-0.15, -0.1) is 0 Å². The molecule has 1 amide bonds. The summed E-state index contributed by atoms with van der Waals surface area (Å²) in [5.41, 5.74) is 5.62. The van der Waals surface area contributed by atoms with E-state index in [4.69, 9.17) is 5.73 Å². The number of hydrogen-bond donors (Lipinski definition) is 2. The van der Waals surface area contributed by atoms with Crippen molar-refractivity contribution in [3.63, 3.8) is 0 Å². The zero-order valence-corrected chi connectivity index (χ0v) is 10.7. The quantitative estimate of drug-likeness (QED) is 0.728. The van der Waals surface area contributed by atoms with Gasteiger partial charge in [0.05, 0.1) is 0 Å². The summed E-state index contributed by atoms with van der Waals surface area (Å²) in [4.78, 5) is 11.5. The highest BCUT2D eigenvalue weighted by Crippen LogP contribution is 2.38. The van der Waals surface area contributed by atoms with E-state index in [1.165, 1.54) is 25.7 Å². The highest BCUT2D eigenvalue weighted by atomic mass is 16.1. The minimum absolute atomic E-state index is 0.150. The van der Waals surface area contributed by atoms with E-state index in [-0.39, 0.29) is 11.3 Å². The molecule has 0 radical (unpaired) electrons. The lowest BCUT2D eigenvalue weighted by molar-refractivity contribution is -0.121. The Labute approximate surface area is 99.2 Å². The van der Waals surface area contributed by atoms with Crippen LogP contribution in [0.1, 0.15) is 52.4 Å². The SMILES string of the molecule is CC(C)(CNC(=O)CCCN)C1CCCC1. The van der Waals surface area contributed by atoms with E-state index in [1.807, 2.05) is 0 Å². The van der Waals surface area contributed by atoms with Gasteiger partial charge in [0.2, 0.25) is 5.91 Å². The van der Waals surface area contributed by atoms with Crippen LogP contribution in [0.4, 0.5) is 0 Å². The van der Waals surface area contributed by atoms with Crippen LogP contribution < -0.4 is 11.1 Å². The molecule has 1 fully saturated rings. The number of nitrogens with one attached hydrogen (secondary N) is 1. The third kappa shape index (κ3) is 4.12. The molecular formula is C13H26N2O. The molecule has 0 heterocycles. The largest absolute Gasteiger partial charge is 0.356 e. The van der Waals surface area contributed by atoms with E-state index in [0.717, 1.165) is 18.9 Å². The van der Waals surface area contributed by atoms with Crippen LogP contribution in [0.5, 0.6) is 0 Å². The standard InChI is InChI=1S/C13H26N2O/c1-13(2,11-6-3-4-7-11)10-15-12(16)8-5-9-14/h11H,3-10,14H2,1-2H3,(H,15,16). The Kier molecular flexibility index (Phi) is 5.26. The normalized spacial score (nSPS) is 17.7. The van der Waals surface area contributed by atoms with Gasteiger partial charge < -0.3 is 11.1 Å². The molecule has 94 valence electrons. The summed E-state index contributed by atoms with van der Waals surface area (Å²) < 4.78 is 0. The molecule has 3 heteroatoms. The molecule has 16 heavy (non-hydrogen) atoms. The van der Waals surface area contributed by atoms with Crippen LogP contribution in [0.15, 0.2) is 0 Å². The van der Waals surface area contributed by atoms with Crippen molar-refractivity contribution in [3.8, 4) is 0 Å². The molecule has 3 N–H and O–H groups in total. The monoisotopic (exact) mass is 226 g/mol. The lowest BCUT2D eigenvalue weighted by Crippen LogP contribution is -2.37. The van der Waals surface area contributed by atoms with Gasteiger partial charge in [0, 0.05) is 13.0 Å². The van der Waals surface area contributed by atoms with Crippen LogP contribution in [0.2, 0.25) is 0 Å². The first-order valence-electron chi connectivity index (χ1n) is 6.53. The molecule has 1 aliphatic carbocycles. The third-order valence-electron chi connectivity index (χ3n) is 3.81. The van der Waals surface area contributed by atoms with E-state index >= 15 is 0 Å². The van der Waals surface area contributed by atoms with Crippen molar-refractivity contribution in [2.75, 3.05) is 13.1 Å². The number of amides is 1. The smallest absolute Gasteiger partial charge is 0.220 e. The molecular weight excluding hydrogens is 200 g/mol. The van der Waals surface area contributed by atoms with Crippen LogP contribution in [0, 0.1) is 11.3 Å². The van der Waals surface area contributed by atoms with E-state index in [0.29, 0.717) is 13.0 Å². The summed E-state index contributed by atoms with van der Waals surface area (Å²) in [5, 5.41) is 3.04. The lowest BCUT2D eigenvalue weighted by Gasteiger charge is -2.31. The second-order valence-corrected chi connectivity index (χ2v) is 5.64. The topological polar surface area (TPSA) is 55.1 Å².